The second-order valence-corrected chi connectivity index (χ2v) is 8.71. The number of rotatable bonds is 5. The van der Waals surface area contributed by atoms with Gasteiger partial charge in [0.2, 0.25) is 0 Å². The highest BCUT2D eigenvalue weighted by Crippen LogP contribution is 2.33. The van der Waals surface area contributed by atoms with Crippen LogP contribution in [-0.4, -0.2) is 63.6 Å². The molecule has 1 saturated heterocycles. The van der Waals surface area contributed by atoms with Crippen LogP contribution in [0.2, 0.25) is 0 Å². The smallest absolute Gasteiger partial charge is 0.410 e. The Morgan fingerprint density at radius 1 is 1.25 bits per heavy atom. The van der Waals surface area contributed by atoms with Crippen LogP contribution in [0.25, 0.3) is 22.3 Å². The van der Waals surface area contributed by atoms with E-state index in [1.54, 1.807) is 12.0 Å². The van der Waals surface area contributed by atoms with Crippen LogP contribution in [0.3, 0.4) is 0 Å². The highest BCUT2D eigenvalue weighted by Gasteiger charge is 2.32. The summed E-state index contributed by atoms with van der Waals surface area (Å²) in [6.07, 6.45) is 0.412. The van der Waals surface area contributed by atoms with E-state index in [0.717, 1.165) is 17.5 Å². The number of ether oxygens (including phenoxy) is 3. The van der Waals surface area contributed by atoms with Gasteiger partial charge in [0.05, 0.1) is 17.3 Å². The molecule has 3 heterocycles. The molecule has 0 spiro atoms. The van der Waals surface area contributed by atoms with Crippen molar-refractivity contribution in [1.82, 2.24) is 24.9 Å². The molecule has 0 radical (unpaired) electrons. The molecule has 0 bridgehead atoms. The summed E-state index contributed by atoms with van der Waals surface area (Å²) in [5.41, 5.74) is 8.28. The molecule has 1 aliphatic rings. The molecule has 1 unspecified atom stereocenters. The number of hydrogen-bond acceptors (Lipinski definition) is 8. The normalized spacial score (nSPS) is 16.5. The molecule has 2 N–H and O–H groups in total. The second-order valence-electron chi connectivity index (χ2n) is 8.71. The number of para-hydroxylation sites is 1. The Morgan fingerprint density at radius 2 is 2.03 bits per heavy atom. The molecule has 4 rings (SSSR count). The minimum Gasteiger partial charge on any atom is -0.467 e. The summed E-state index contributed by atoms with van der Waals surface area (Å²) in [5, 5.41) is 13.2. The lowest BCUT2D eigenvalue weighted by atomic mass is 10.1. The van der Waals surface area contributed by atoms with Crippen LogP contribution in [-0.2, 0) is 9.47 Å². The lowest BCUT2D eigenvalue weighted by Gasteiger charge is -2.24. The first kappa shape index (κ1) is 21.8. The molecule has 170 valence electrons. The molecule has 1 fully saturated rings. The Hall–Kier alpha value is -3.40. The molecule has 2 aromatic heterocycles. The number of methoxy groups -OCH3 is 1. The number of carbonyl (C=O) groups excluding carboxylic acids is 1. The Labute approximate surface area is 186 Å². The summed E-state index contributed by atoms with van der Waals surface area (Å²) in [7, 11) is 1.57. The Kier molecular flexibility index (Phi) is 5.88. The van der Waals surface area contributed by atoms with Gasteiger partial charge in [-0.2, -0.15) is 5.10 Å². The molecule has 1 amide bonds. The maximum atomic E-state index is 12.5. The van der Waals surface area contributed by atoms with E-state index < -0.39 is 5.60 Å². The summed E-state index contributed by atoms with van der Waals surface area (Å²) in [6, 6.07) is 9.40. The number of likely N-dealkylation sites (tertiary alicyclic amines) is 1. The highest BCUT2D eigenvalue weighted by molar-refractivity contribution is 5.87. The molecule has 1 aliphatic heterocycles. The van der Waals surface area contributed by atoms with Crippen molar-refractivity contribution in [3.8, 4) is 17.0 Å². The third kappa shape index (κ3) is 4.45. The summed E-state index contributed by atoms with van der Waals surface area (Å²) < 4.78 is 18.0. The van der Waals surface area contributed by atoms with Gasteiger partial charge in [0.25, 0.3) is 0 Å². The van der Waals surface area contributed by atoms with Crippen LogP contribution >= 0.6 is 0 Å². The first-order valence-electron chi connectivity index (χ1n) is 10.5. The van der Waals surface area contributed by atoms with Crippen LogP contribution in [0, 0.1) is 0 Å². The highest BCUT2D eigenvalue weighted by atomic mass is 16.7. The van der Waals surface area contributed by atoms with Gasteiger partial charge in [0.15, 0.2) is 18.1 Å². The molecular formula is C22H28N6O4. The minimum absolute atomic E-state index is 0.0423. The van der Waals surface area contributed by atoms with E-state index in [1.807, 2.05) is 55.8 Å². The van der Waals surface area contributed by atoms with Crippen molar-refractivity contribution in [3.05, 3.63) is 30.3 Å². The zero-order chi connectivity index (χ0) is 22.9. The summed E-state index contributed by atoms with van der Waals surface area (Å²) in [4.78, 5) is 14.2. The zero-order valence-electron chi connectivity index (χ0n) is 18.7. The fourth-order valence-electron chi connectivity index (χ4n) is 3.73. The standard InChI is InChI=1S/C22H28N6O4/c1-22(2,3)32-21(29)27-10-9-14(12-27)28-17-11-16(24-25-19(17)20(23)26-28)15-7-5-6-8-18(15)31-13-30-4/h5-8,11,14H,9-10,12-13H2,1-4H3,(H2,23,26). The van der Waals surface area contributed by atoms with Gasteiger partial charge in [-0.05, 0) is 45.4 Å². The quantitative estimate of drug-likeness (QED) is 0.601. The molecule has 0 aliphatic carbocycles. The van der Waals surface area contributed by atoms with E-state index in [9.17, 15) is 4.79 Å². The van der Waals surface area contributed by atoms with Gasteiger partial charge >= 0.3 is 6.09 Å². The number of carbonyl (C=O) groups is 1. The van der Waals surface area contributed by atoms with Gasteiger partial charge < -0.3 is 24.8 Å². The number of benzene rings is 1. The molecule has 3 aromatic rings. The predicted molar refractivity (Wildman–Crippen MR) is 119 cm³/mol. The first-order chi connectivity index (χ1) is 15.3. The third-order valence-electron chi connectivity index (χ3n) is 5.13. The van der Waals surface area contributed by atoms with Crippen LogP contribution in [0.4, 0.5) is 10.6 Å². The molecule has 10 heteroatoms. The van der Waals surface area contributed by atoms with Crippen molar-refractivity contribution < 1.29 is 19.0 Å². The minimum atomic E-state index is -0.541. The Balaban J connectivity index is 1.64. The van der Waals surface area contributed by atoms with Gasteiger partial charge in [-0.25, -0.2) is 4.79 Å². The number of nitrogens with two attached hydrogens (primary N) is 1. The van der Waals surface area contributed by atoms with Crippen molar-refractivity contribution >= 4 is 22.9 Å². The van der Waals surface area contributed by atoms with Gasteiger partial charge in [-0.15, -0.1) is 10.2 Å². The van der Waals surface area contributed by atoms with E-state index in [-0.39, 0.29) is 18.9 Å². The maximum Gasteiger partial charge on any atom is 0.410 e. The number of fused-ring (bicyclic) bond motifs is 1. The molecule has 10 nitrogen and oxygen atoms in total. The summed E-state index contributed by atoms with van der Waals surface area (Å²) in [6.45, 7) is 6.76. The average molecular weight is 441 g/mol. The Morgan fingerprint density at radius 3 is 2.78 bits per heavy atom. The zero-order valence-corrected chi connectivity index (χ0v) is 18.7. The Bertz CT molecular complexity index is 1120. The maximum absolute atomic E-state index is 12.5. The van der Waals surface area contributed by atoms with E-state index in [0.29, 0.717) is 35.9 Å². The third-order valence-corrected chi connectivity index (χ3v) is 5.13. The fraction of sp³-hybridized carbons (Fsp3) is 0.455. The van der Waals surface area contributed by atoms with Crippen LogP contribution < -0.4 is 10.5 Å². The van der Waals surface area contributed by atoms with Gasteiger partial charge in [-0.1, -0.05) is 12.1 Å². The largest absolute Gasteiger partial charge is 0.467 e. The first-order valence-corrected chi connectivity index (χ1v) is 10.5. The number of anilines is 1. The van der Waals surface area contributed by atoms with Gasteiger partial charge in [-0.3, -0.25) is 4.68 Å². The van der Waals surface area contributed by atoms with Gasteiger partial charge in [0, 0.05) is 25.8 Å². The van der Waals surface area contributed by atoms with Crippen molar-refractivity contribution in [2.24, 2.45) is 0 Å². The van der Waals surface area contributed by atoms with E-state index in [2.05, 4.69) is 15.3 Å². The molecular weight excluding hydrogens is 412 g/mol. The topological polar surface area (TPSA) is 118 Å². The number of nitrogen functional groups attached to an aromatic ring is 1. The average Bonchev–Trinajstić information content (AvgIpc) is 3.36. The van der Waals surface area contributed by atoms with Crippen molar-refractivity contribution in [3.63, 3.8) is 0 Å². The van der Waals surface area contributed by atoms with Crippen LogP contribution in [0.15, 0.2) is 30.3 Å². The predicted octanol–water partition coefficient (Wildman–Crippen LogP) is 3.24. The molecule has 32 heavy (non-hydrogen) atoms. The van der Waals surface area contributed by atoms with Crippen molar-refractivity contribution in [1.29, 1.82) is 0 Å². The fourth-order valence-corrected chi connectivity index (χ4v) is 3.73. The molecule has 1 aromatic carbocycles. The van der Waals surface area contributed by atoms with Crippen molar-refractivity contribution in [2.45, 2.75) is 38.8 Å². The van der Waals surface area contributed by atoms with E-state index in [4.69, 9.17) is 19.9 Å². The lowest BCUT2D eigenvalue weighted by Crippen LogP contribution is -2.35. The number of aromatic nitrogens is 4. The SMILES string of the molecule is COCOc1ccccc1-c1cc2c(nn1)c(N)nn2C1CCN(C(=O)OC(C)(C)C)C1. The number of hydrogen-bond donors (Lipinski definition) is 1. The van der Waals surface area contributed by atoms with Crippen LogP contribution in [0.1, 0.15) is 33.2 Å². The number of nitrogens with zero attached hydrogens (tertiary/aromatic N) is 5. The van der Waals surface area contributed by atoms with E-state index >= 15 is 0 Å². The van der Waals surface area contributed by atoms with Crippen LogP contribution in [0.5, 0.6) is 5.75 Å². The second kappa shape index (κ2) is 8.62. The monoisotopic (exact) mass is 440 g/mol. The van der Waals surface area contributed by atoms with Crippen molar-refractivity contribution in [2.75, 3.05) is 32.7 Å². The number of amides is 1. The summed E-state index contributed by atoms with van der Waals surface area (Å²) in [5.74, 6) is 0.942. The molecule has 1 atom stereocenters. The van der Waals surface area contributed by atoms with Gasteiger partial charge in [0.1, 0.15) is 11.4 Å². The summed E-state index contributed by atoms with van der Waals surface area (Å²) >= 11 is 0. The molecule has 0 saturated carbocycles. The lowest BCUT2D eigenvalue weighted by molar-refractivity contribution is 0.0288. The van der Waals surface area contributed by atoms with E-state index in [1.165, 1.54) is 0 Å².